The van der Waals surface area contributed by atoms with Crippen LogP contribution in [0.15, 0.2) is 29.3 Å². The van der Waals surface area contributed by atoms with Crippen molar-refractivity contribution in [2.24, 2.45) is 5.92 Å². The van der Waals surface area contributed by atoms with Crippen molar-refractivity contribution in [1.29, 1.82) is 0 Å². The molecule has 1 aliphatic rings. The number of hydrogen-bond acceptors (Lipinski definition) is 3. The van der Waals surface area contributed by atoms with Gasteiger partial charge in [-0.1, -0.05) is 25.5 Å². The van der Waals surface area contributed by atoms with Gasteiger partial charge in [-0.25, -0.2) is 0 Å². The zero-order valence-electron chi connectivity index (χ0n) is 12.9. The second kappa shape index (κ2) is 7.30. The molecule has 0 saturated heterocycles. The number of carbonyl (C=O) groups excluding carboxylic acids is 1. The van der Waals surface area contributed by atoms with E-state index in [0.717, 1.165) is 19.3 Å². The van der Waals surface area contributed by atoms with Crippen molar-refractivity contribution in [1.82, 2.24) is 0 Å². The summed E-state index contributed by atoms with van der Waals surface area (Å²) in [7, 11) is 0. The minimum absolute atomic E-state index is 0.0257. The highest BCUT2D eigenvalue weighted by Gasteiger charge is 2.18. The summed E-state index contributed by atoms with van der Waals surface area (Å²) in [5.41, 5.74) is 3.13. The fourth-order valence-corrected chi connectivity index (χ4v) is 2.94. The predicted octanol–water partition coefficient (Wildman–Crippen LogP) is 4.50. The topological polar surface area (TPSA) is 46.5 Å². The molecule has 2 rings (SSSR count). The minimum Gasteiger partial charge on any atom is -0.507 e. The van der Waals surface area contributed by atoms with Crippen LogP contribution in [0.1, 0.15) is 56.3 Å². The number of ether oxygens (including phenoxy) is 1. The van der Waals surface area contributed by atoms with Crippen LogP contribution in [0.3, 0.4) is 0 Å². The molecule has 0 bridgehead atoms. The number of aldehydes is 1. The first-order chi connectivity index (χ1) is 10.2. The molecule has 1 unspecified atom stereocenters. The summed E-state index contributed by atoms with van der Waals surface area (Å²) in [6.45, 7) is 5.00. The van der Waals surface area contributed by atoms with Gasteiger partial charge in [-0.2, -0.15) is 0 Å². The van der Waals surface area contributed by atoms with Crippen LogP contribution in [0.2, 0.25) is 0 Å². The van der Waals surface area contributed by atoms with Crippen LogP contribution in [-0.4, -0.2) is 18.0 Å². The number of phenolic OH excluding ortho intramolecular Hbond substituents is 1. The molecule has 1 atom stereocenters. The number of rotatable bonds is 6. The van der Waals surface area contributed by atoms with Crippen LogP contribution in [0.4, 0.5) is 0 Å². The van der Waals surface area contributed by atoms with Gasteiger partial charge in [-0.05, 0) is 55.7 Å². The lowest BCUT2D eigenvalue weighted by atomic mass is 9.84. The van der Waals surface area contributed by atoms with E-state index in [1.165, 1.54) is 30.1 Å². The first-order valence-electron chi connectivity index (χ1n) is 7.78. The molecule has 1 aromatic rings. The summed E-state index contributed by atoms with van der Waals surface area (Å²) in [5, 5.41) is 9.68. The molecule has 21 heavy (non-hydrogen) atoms. The Kier molecular flexibility index (Phi) is 5.43. The van der Waals surface area contributed by atoms with Crippen LogP contribution in [-0.2, 0) is 0 Å². The van der Waals surface area contributed by atoms with Crippen molar-refractivity contribution >= 4 is 6.29 Å². The molecule has 0 fully saturated rings. The third-order valence-corrected chi connectivity index (χ3v) is 4.40. The van der Waals surface area contributed by atoms with Crippen molar-refractivity contribution in [2.45, 2.75) is 46.0 Å². The van der Waals surface area contributed by atoms with E-state index in [0.29, 0.717) is 24.6 Å². The highest BCUT2D eigenvalue weighted by Crippen LogP contribution is 2.33. The SMILES string of the molecule is CCC(C)C1=C(COc2cccc(O)c2C=O)CCCC1. The normalized spacial score (nSPS) is 16.7. The van der Waals surface area contributed by atoms with Crippen molar-refractivity contribution in [2.75, 3.05) is 6.61 Å². The van der Waals surface area contributed by atoms with Crippen LogP contribution in [0.25, 0.3) is 0 Å². The fraction of sp³-hybridized carbons (Fsp3) is 0.500. The van der Waals surface area contributed by atoms with Gasteiger partial charge in [-0.15, -0.1) is 0 Å². The molecule has 0 aromatic heterocycles. The van der Waals surface area contributed by atoms with Gasteiger partial charge in [0.15, 0.2) is 6.29 Å². The second-order valence-electron chi connectivity index (χ2n) is 5.74. The van der Waals surface area contributed by atoms with Crippen LogP contribution >= 0.6 is 0 Å². The molecule has 114 valence electrons. The van der Waals surface area contributed by atoms with Crippen LogP contribution in [0, 0.1) is 5.92 Å². The molecule has 0 saturated carbocycles. The zero-order chi connectivity index (χ0) is 15.2. The van der Waals surface area contributed by atoms with Crippen LogP contribution < -0.4 is 4.74 Å². The first kappa shape index (κ1) is 15.6. The Morgan fingerprint density at radius 3 is 2.81 bits per heavy atom. The Balaban J connectivity index is 2.16. The number of aromatic hydroxyl groups is 1. The number of hydrogen-bond donors (Lipinski definition) is 1. The van der Waals surface area contributed by atoms with Gasteiger partial charge in [0.1, 0.15) is 18.1 Å². The summed E-state index contributed by atoms with van der Waals surface area (Å²) in [5.74, 6) is 1.03. The number of allylic oxidation sites excluding steroid dienone is 1. The van der Waals surface area contributed by atoms with Crippen molar-refractivity contribution in [3.63, 3.8) is 0 Å². The maximum atomic E-state index is 11.1. The van der Waals surface area contributed by atoms with E-state index in [-0.39, 0.29) is 11.3 Å². The van der Waals surface area contributed by atoms with Gasteiger partial charge in [-0.3, -0.25) is 4.79 Å². The van der Waals surface area contributed by atoms with E-state index in [2.05, 4.69) is 13.8 Å². The Morgan fingerprint density at radius 2 is 2.10 bits per heavy atom. The van der Waals surface area contributed by atoms with Gasteiger partial charge in [0.25, 0.3) is 0 Å². The highest BCUT2D eigenvalue weighted by molar-refractivity contribution is 5.83. The molecule has 0 radical (unpaired) electrons. The molecule has 3 heteroatoms. The Labute approximate surface area is 126 Å². The van der Waals surface area contributed by atoms with E-state index in [4.69, 9.17) is 4.74 Å². The lowest BCUT2D eigenvalue weighted by Crippen LogP contribution is -2.13. The summed E-state index contributed by atoms with van der Waals surface area (Å²) in [4.78, 5) is 11.1. The Hall–Kier alpha value is -1.77. The monoisotopic (exact) mass is 288 g/mol. The summed E-state index contributed by atoms with van der Waals surface area (Å²) in [6.07, 6.45) is 6.50. The molecular weight excluding hydrogens is 264 g/mol. The summed E-state index contributed by atoms with van der Waals surface area (Å²) < 4.78 is 5.82. The van der Waals surface area contributed by atoms with Crippen molar-refractivity contribution < 1.29 is 14.6 Å². The van der Waals surface area contributed by atoms with Gasteiger partial charge >= 0.3 is 0 Å². The van der Waals surface area contributed by atoms with E-state index < -0.39 is 0 Å². The van der Waals surface area contributed by atoms with Crippen LogP contribution in [0.5, 0.6) is 11.5 Å². The molecular formula is C18H24O3. The predicted molar refractivity (Wildman–Crippen MR) is 83.9 cm³/mol. The highest BCUT2D eigenvalue weighted by atomic mass is 16.5. The number of benzene rings is 1. The van der Waals surface area contributed by atoms with E-state index in [1.807, 2.05) is 0 Å². The van der Waals surface area contributed by atoms with E-state index in [9.17, 15) is 9.90 Å². The van der Waals surface area contributed by atoms with Gasteiger partial charge in [0.05, 0.1) is 5.56 Å². The maximum Gasteiger partial charge on any atom is 0.157 e. The van der Waals surface area contributed by atoms with Gasteiger partial charge < -0.3 is 9.84 Å². The molecule has 0 aliphatic heterocycles. The standard InChI is InChI=1S/C18H24O3/c1-3-13(2)15-8-5-4-7-14(15)12-21-18-10-6-9-17(20)16(18)11-19/h6,9-11,13,20H,3-5,7-8,12H2,1-2H3. The van der Waals surface area contributed by atoms with Crippen molar-refractivity contribution in [3.8, 4) is 11.5 Å². The zero-order valence-corrected chi connectivity index (χ0v) is 12.9. The second-order valence-corrected chi connectivity index (χ2v) is 5.74. The molecule has 0 spiro atoms. The molecule has 1 N–H and O–H groups in total. The van der Waals surface area contributed by atoms with E-state index in [1.54, 1.807) is 12.1 Å². The quantitative estimate of drug-likeness (QED) is 0.619. The van der Waals surface area contributed by atoms with Gasteiger partial charge in [0, 0.05) is 0 Å². The maximum absolute atomic E-state index is 11.1. The average molecular weight is 288 g/mol. The minimum atomic E-state index is -0.0257. The smallest absolute Gasteiger partial charge is 0.157 e. The third-order valence-electron chi connectivity index (χ3n) is 4.40. The number of phenols is 1. The largest absolute Gasteiger partial charge is 0.507 e. The lowest BCUT2D eigenvalue weighted by Gasteiger charge is -2.25. The Bertz CT molecular complexity index is 531. The molecule has 1 aliphatic carbocycles. The molecule has 3 nitrogen and oxygen atoms in total. The van der Waals surface area contributed by atoms with Crippen molar-refractivity contribution in [3.05, 3.63) is 34.9 Å². The summed E-state index contributed by atoms with van der Waals surface area (Å²) in [6, 6.07) is 4.93. The average Bonchev–Trinajstić information content (AvgIpc) is 2.52. The molecule has 0 heterocycles. The number of carbonyl (C=O) groups is 1. The fourth-order valence-electron chi connectivity index (χ4n) is 2.94. The van der Waals surface area contributed by atoms with E-state index >= 15 is 0 Å². The summed E-state index contributed by atoms with van der Waals surface area (Å²) >= 11 is 0. The first-order valence-corrected chi connectivity index (χ1v) is 7.78. The Morgan fingerprint density at radius 1 is 1.33 bits per heavy atom. The molecule has 1 aromatic carbocycles. The third kappa shape index (κ3) is 3.66. The van der Waals surface area contributed by atoms with Gasteiger partial charge in [0.2, 0.25) is 0 Å². The molecule has 0 amide bonds. The lowest BCUT2D eigenvalue weighted by molar-refractivity contribution is 0.111.